The Morgan fingerprint density at radius 1 is 1.53 bits per heavy atom. The monoisotopic (exact) mass is 212 g/mol. The second kappa shape index (κ2) is 6.11. The zero-order valence-electron chi connectivity index (χ0n) is 10.0. The van der Waals surface area contributed by atoms with Gasteiger partial charge in [0.05, 0.1) is 0 Å². The quantitative estimate of drug-likeness (QED) is 0.772. The Labute approximate surface area is 93.0 Å². The molecular formula is C12H24N2O. The van der Waals surface area contributed by atoms with E-state index < -0.39 is 0 Å². The second-order valence-corrected chi connectivity index (χ2v) is 4.71. The highest BCUT2D eigenvalue weighted by molar-refractivity contribution is 5.76. The van der Waals surface area contributed by atoms with Crippen LogP contribution in [0.1, 0.15) is 46.0 Å². The van der Waals surface area contributed by atoms with E-state index in [9.17, 15) is 4.79 Å². The zero-order chi connectivity index (χ0) is 11.3. The molecule has 0 aromatic heterocycles. The van der Waals surface area contributed by atoms with E-state index >= 15 is 0 Å². The van der Waals surface area contributed by atoms with Gasteiger partial charge in [-0.2, -0.15) is 0 Å². The topological polar surface area (TPSA) is 46.3 Å². The van der Waals surface area contributed by atoms with Crippen LogP contribution >= 0.6 is 0 Å². The minimum atomic E-state index is 0.290. The summed E-state index contributed by atoms with van der Waals surface area (Å²) in [6.45, 7) is 5.89. The molecule has 0 radical (unpaired) electrons. The largest absolute Gasteiger partial charge is 0.338 e. The number of nitrogens with two attached hydrogens (primary N) is 1. The van der Waals surface area contributed by atoms with Gasteiger partial charge in [0.1, 0.15) is 0 Å². The molecule has 1 rings (SSSR count). The molecule has 2 unspecified atom stereocenters. The number of hydrogen-bond acceptors (Lipinski definition) is 2. The summed E-state index contributed by atoms with van der Waals surface area (Å²) in [6.07, 6.45) is 5.00. The van der Waals surface area contributed by atoms with Crippen LogP contribution < -0.4 is 5.73 Å². The van der Waals surface area contributed by atoms with Gasteiger partial charge in [0, 0.05) is 25.6 Å². The molecule has 0 saturated carbocycles. The highest BCUT2D eigenvalue weighted by Gasteiger charge is 2.28. The molecule has 88 valence electrons. The van der Waals surface area contributed by atoms with Gasteiger partial charge in [-0.25, -0.2) is 0 Å². The number of unbranched alkanes of at least 4 members (excludes halogenated alkanes) is 1. The van der Waals surface area contributed by atoms with Crippen LogP contribution in [-0.4, -0.2) is 29.9 Å². The first kappa shape index (κ1) is 12.5. The van der Waals surface area contributed by atoms with Gasteiger partial charge < -0.3 is 10.6 Å². The minimum absolute atomic E-state index is 0.290. The summed E-state index contributed by atoms with van der Waals surface area (Å²) in [5, 5.41) is 0. The highest BCUT2D eigenvalue weighted by atomic mass is 16.2. The van der Waals surface area contributed by atoms with Crippen molar-refractivity contribution in [2.45, 2.75) is 52.0 Å². The lowest BCUT2D eigenvalue weighted by Crippen LogP contribution is -2.49. The van der Waals surface area contributed by atoms with E-state index in [-0.39, 0.29) is 6.04 Å². The van der Waals surface area contributed by atoms with Crippen molar-refractivity contribution in [3.8, 4) is 0 Å². The van der Waals surface area contributed by atoms with Gasteiger partial charge in [0.2, 0.25) is 5.91 Å². The molecule has 3 nitrogen and oxygen atoms in total. The number of likely N-dealkylation sites (tertiary alicyclic amines) is 1. The summed E-state index contributed by atoms with van der Waals surface area (Å²) in [5.74, 6) is 1.02. The maximum atomic E-state index is 11.9. The molecule has 1 fully saturated rings. The van der Waals surface area contributed by atoms with Crippen LogP contribution in [0.15, 0.2) is 0 Å². The summed E-state index contributed by atoms with van der Waals surface area (Å²) in [5.41, 5.74) is 5.73. The molecule has 0 bridgehead atoms. The van der Waals surface area contributed by atoms with E-state index in [2.05, 4.69) is 13.8 Å². The Kier molecular flexibility index (Phi) is 5.09. The fraction of sp³-hybridized carbons (Fsp3) is 0.917. The van der Waals surface area contributed by atoms with E-state index in [1.54, 1.807) is 0 Å². The third-order valence-electron chi connectivity index (χ3n) is 3.31. The number of hydrogen-bond donors (Lipinski definition) is 1. The maximum absolute atomic E-state index is 11.9. The molecule has 2 N–H and O–H groups in total. The summed E-state index contributed by atoms with van der Waals surface area (Å²) < 4.78 is 0. The Hall–Kier alpha value is -0.570. The molecule has 1 saturated heterocycles. The van der Waals surface area contributed by atoms with Gasteiger partial charge in [-0.1, -0.05) is 20.3 Å². The Morgan fingerprint density at radius 2 is 2.27 bits per heavy atom. The van der Waals surface area contributed by atoms with E-state index in [0.29, 0.717) is 24.8 Å². The van der Waals surface area contributed by atoms with Crippen LogP contribution in [-0.2, 0) is 4.79 Å². The summed E-state index contributed by atoms with van der Waals surface area (Å²) >= 11 is 0. The maximum Gasteiger partial charge on any atom is 0.222 e. The first-order chi connectivity index (χ1) is 7.19. The average molecular weight is 212 g/mol. The van der Waals surface area contributed by atoms with E-state index in [4.69, 9.17) is 5.73 Å². The van der Waals surface area contributed by atoms with E-state index in [1.165, 1.54) is 0 Å². The number of carbonyl (C=O) groups excluding carboxylic acids is 1. The predicted molar refractivity (Wildman–Crippen MR) is 62.5 cm³/mol. The van der Waals surface area contributed by atoms with Crippen molar-refractivity contribution in [1.29, 1.82) is 0 Å². The first-order valence-electron chi connectivity index (χ1n) is 6.18. The lowest BCUT2D eigenvalue weighted by Gasteiger charge is -2.38. The lowest BCUT2D eigenvalue weighted by molar-refractivity contribution is -0.135. The van der Waals surface area contributed by atoms with Crippen LogP contribution in [0.25, 0.3) is 0 Å². The third-order valence-corrected chi connectivity index (χ3v) is 3.31. The van der Waals surface area contributed by atoms with Crippen molar-refractivity contribution in [2.24, 2.45) is 11.7 Å². The van der Waals surface area contributed by atoms with Crippen molar-refractivity contribution < 1.29 is 4.79 Å². The summed E-state index contributed by atoms with van der Waals surface area (Å²) in [7, 11) is 0. The number of nitrogens with zero attached hydrogens (tertiary/aromatic N) is 1. The van der Waals surface area contributed by atoms with Gasteiger partial charge in [-0.3, -0.25) is 4.79 Å². The molecule has 1 aliphatic heterocycles. The van der Waals surface area contributed by atoms with E-state index in [0.717, 1.165) is 32.2 Å². The second-order valence-electron chi connectivity index (χ2n) is 4.71. The van der Waals surface area contributed by atoms with Crippen LogP contribution in [0.2, 0.25) is 0 Å². The molecule has 1 amide bonds. The smallest absolute Gasteiger partial charge is 0.222 e. The number of piperidine rings is 1. The average Bonchev–Trinajstić information content (AvgIpc) is 2.25. The fourth-order valence-electron chi connectivity index (χ4n) is 2.28. The molecule has 15 heavy (non-hydrogen) atoms. The molecule has 3 heteroatoms. The molecule has 0 aliphatic carbocycles. The summed E-state index contributed by atoms with van der Waals surface area (Å²) in [6, 6.07) is 0.290. The zero-order valence-corrected chi connectivity index (χ0v) is 10.0. The summed E-state index contributed by atoms with van der Waals surface area (Å²) in [4.78, 5) is 13.9. The number of carbonyl (C=O) groups is 1. The van der Waals surface area contributed by atoms with Gasteiger partial charge in [-0.05, 0) is 25.2 Å². The van der Waals surface area contributed by atoms with Crippen LogP contribution in [0.3, 0.4) is 0 Å². The Bertz CT molecular complexity index is 206. The molecule has 0 aromatic carbocycles. The van der Waals surface area contributed by atoms with Crippen LogP contribution in [0.5, 0.6) is 0 Å². The SMILES string of the molecule is CCCCC(=O)N1CCC(C)CC1CN. The van der Waals surface area contributed by atoms with Gasteiger partial charge in [0.25, 0.3) is 0 Å². The van der Waals surface area contributed by atoms with Crippen LogP contribution in [0, 0.1) is 5.92 Å². The molecular weight excluding hydrogens is 188 g/mol. The van der Waals surface area contributed by atoms with Crippen LogP contribution in [0.4, 0.5) is 0 Å². The Morgan fingerprint density at radius 3 is 2.87 bits per heavy atom. The number of amides is 1. The van der Waals surface area contributed by atoms with Crippen molar-refractivity contribution >= 4 is 5.91 Å². The number of rotatable bonds is 4. The minimum Gasteiger partial charge on any atom is -0.338 e. The van der Waals surface area contributed by atoms with Crippen molar-refractivity contribution in [2.75, 3.05) is 13.1 Å². The van der Waals surface area contributed by atoms with E-state index in [1.807, 2.05) is 4.90 Å². The molecule has 0 aromatic rings. The lowest BCUT2D eigenvalue weighted by atomic mass is 9.92. The van der Waals surface area contributed by atoms with Crippen molar-refractivity contribution in [1.82, 2.24) is 4.90 Å². The fourth-order valence-corrected chi connectivity index (χ4v) is 2.28. The van der Waals surface area contributed by atoms with Gasteiger partial charge in [-0.15, -0.1) is 0 Å². The molecule has 1 aliphatic rings. The molecule has 1 heterocycles. The van der Waals surface area contributed by atoms with Gasteiger partial charge >= 0.3 is 0 Å². The van der Waals surface area contributed by atoms with Gasteiger partial charge in [0.15, 0.2) is 0 Å². The first-order valence-corrected chi connectivity index (χ1v) is 6.18. The van der Waals surface area contributed by atoms with Crippen molar-refractivity contribution in [3.63, 3.8) is 0 Å². The molecule has 0 spiro atoms. The Balaban J connectivity index is 2.47. The standard InChI is InChI=1S/C12H24N2O/c1-3-4-5-12(15)14-7-6-10(2)8-11(14)9-13/h10-11H,3-9,13H2,1-2H3. The predicted octanol–water partition coefficient (Wildman–Crippen LogP) is 1.76. The normalized spacial score (nSPS) is 26.7. The highest BCUT2D eigenvalue weighted by Crippen LogP contribution is 2.22. The molecule has 2 atom stereocenters. The third kappa shape index (κ3) is 3.49. The van der Waals surface area contributed by atoms with Crippen molar-refractivity contribution in [3.05, 3.63) is 0 Å².